The molecule has 0 saturated heterocycles. The zero-order valence-corrected chi connectivity index (χ0v) is 13.7. The molecule has 2 heterocycles. The van der Waals surface area contributed by atoms with Crippen LogP contribution in [0.2, 0.25) is 0 Å². The van der Waals surface area contributed by atoms with Gasteiger partial charge in [-0.05, 0) is 42.2 Å². The molecule has 0 bridgehead atoms. The first-order chi connectivity index (χ1) is 9.95. The number of rotatable bonds is 5. The summed E-state index contributed by atoms with van der Waals surface area (Å²) in [6.45, 7) is 8.83. The summed E-state index contributed by atoms with van der Waals surface area (Å²) >= 11 is 0. The van der Waals surface area contributed by atoms with Crippen molar-refractivity contribution in [1.82, 2.24) is 19.6 Å². The minimum atomic E-state index is 0.496. The van der Waals surface area contributed by atoms with E-state index in [1.807, 2.05) is 11.7 Å². The monoisotopic (exact) mass is 286 g/mol. The zero-order chi connectivity index (χ0) is 15.1. The Morgan fingerprint density at radius 2 is 1.95 bits per heavy atom. The molecule has 0 spiro atoms. The minimum absolute atomic E-state index is 0.496. The fourth-order valence-electron chi connectivity index (χ4n) is 3.10. The third kappa shape index (κ3) is 2.89. The Bertz CT molecular complexity index is 621. The fraction of sp³-hybridized carbons (Fsp3) is 0.647. The van der Waals surface area contributed by atoms with Gasteiger partial charge in [0.1, 0.15) is 0 Å². The standard InChI is InChI=1S/C17H26N4/c1-11(2)15-6-7-21(18-15)16-9-13(16)8-14-10-20(5)19-17(14)12(3)4/h6-7,10-13,16H,8-9H2,1-5H3. The van der Waals surface area contributed by atoms with Crippen LogP contribution in [0.15, 0.2) is 18.5 Å². The first kappa shape index (κ1) is 14.4. The van der Waals surface area contributed by atoms with Crippen molar-refractivity contribution in [2.24, 2.45) is 13.0 Å². The van der Waals surface area contributed by atoms with Crippen LogP contribution < -0.4 is 0 Å². The van der Waals surface area contributed by atoms with Crippen LogP contribution in [0.4, 0.5) is 0 Å². The lowest BCUT2D eigenvalue weighted by Crippen LogP contribution is -2.02. The van der Waals surface area contributed by atoms with Crippen LogP contribution in [0.5, 0.6) is 0 Å². The highest BCUT2D eigenvalue weighted by Crippen LogP contribution is 2.45. The van der Waals surface area contributed by atoms with Gasteiger partial charge in [0, 0.05) is 19.4 Å². The summed E-state index contributed by atoms with van der Waals surface area (Å²) in [4.78, 5) is 0. The topological polar surface area (TPSA) is 35.6 Å². The van der Waals surface area contributed by atoms with Crippen LogP contribution in [-0.4, -0.2) is 19.6 Å². The van der Waals surface area contributed by atoms with Crippen molar-refractivity contribution in [2.45, 2.75) is 58.4 Å². The average molecular weight is 286 g/mol. The molecule has 1 aliphatic carbocycles. The summed E-state index contributed by atoms with van der Waals surface area (Å²) in [7, 11) is 2.02. The maximum absolute atomic E-state index is 4.72. The largest absolute Gasteiger partial charge is 0.275 e. The molecule has 0 radical (unpaired) electrons. The lowest BCUT2D eigenvalue weighted by Gasteiger charge is -2.05. The van der Waals surface area contributed by atoms with Crippen LogP contribution in [0.1, 0.15) is 68.9 Å². The first-order valence-electron chi connectivity index (χ1n) is 8.03. The number of aryl methyl sites for hydroxylation is 1. The van der Waals surface area contributed by atoms with E-state index in [-0.39, 0.29) is 0 Å². The van der Waals surface area contributed by atoms with Crippen molar-refractivity contribution >= 4 is 0 Å². The Hall–Kier alpha value is -1.58. The van der Waals surface area contributed by atoms with Gasteiger partial charge in [-0.2, -0.15) is 10.2 Å². The van der Waals surface area contributed by atoms with E-state index in [4.69, 9.17) is 5.10 Å². The maximum Gasteiger partial charge on any atom is 0.0681 e. The molecule has 21 heavy (non-hydrogen) atoms. The second-order valence-corrected chi connectivity index (χ2v) is 7.01. The van der Waals surface area contributed by atoms with Crippen molar-refractivity contribution in [3.05, 3.63) is 35.4 Å². The molecular weight excluding hydrogens is 260 g/mol. The molecule has 3 rings (SSSR count). The molecule has 0 aliphatic heterocycles. The van der Waals surface area contributed by atoms with Crippen LogP contribution in [0.3, 0.4) is 0 Å². The second kappa shape index (κ2) is 5.32. The third-order valence-corrected chi connectivity index (χ3v) is 4.41. The lowest BCUT2D eigenvalue weighted by molar-refractivity contribution is 0.571. The number of hydrogen-bond acceptors (Lipinski definition) is 2. The summed E-state index contributed by atoms with van der Waals surface area (Å²) in [5.41, 5.74) is 3.87. The highest BCUT2D eigenvalue weighted by molar-refractivity contribution is 5.22. The van der Waals surface area contributed by atoms with Gasteiger partial charge >= 0.3 is 0 Å². The molecular formula is C17H26N4. The SMILES string of the molecule is CC(C)c1ccn(C2CC2Cc2cn(C)nc2C(C)C)n1. The van der Waals surface area contributed by atoms with Crippen LogP contribution >= 0.6 is 0 Å². The summed E-state index contributed by atoms with van der Waals surface area (Å²) < 4.78 is 4.12. The highest BCUT2D eigenvalue weighted by Gasteiger charge is 2.40. The molecule has 0 amide bonds. The maximum atomic E-state index is 4.72. The molecule has 4 heteroatoms. The summed E-state index contributed by atoms with van der Waals surface area (Å²) in [6, 6.07) is 2.74. The molecule has 1 fully saturated rings. The highest BCUT2D eigenvalue weighted by atomic mass is 15.3. The van der Waals surface area contributed by atoms with Gasteiger partial charge in [-0.1, -0.05) is 27.7 Å². The molecule has 114 valence electrons. The van der Waals surface area contributed by atoms with Crippen LogP contribution in [-0.2, 0) is 13.5 Å². The fourth-order valence-corrected chi connectivity index (χ4v) is 3.10. The number of aromatic nitrogens is 4. The van der Waals surface area contributed by atoms with E-state index in [1.165, 1.54) is 23.4 Å². The van der Waals surface area contributed by atoms with E-state index in [9.17, 15) is 0 Å². The number of nitrogens with zero attached hydrogens (tertiary/aromatic N) is 4. The van der Waals surface area contributed by atoms with Crippen molar-refractivity contribution in [3.8, 4) is 0 Å². The van der Waals surface area contributed by atoms with Crippen molar-refractivity contribution in [3.63, 3.8) is 0 Å². The van der Waals surface area contributed by atoms with Gasteiger partial charge in [0.2, 0.25) is 0 Å². The zero-order valence-electron chi connectivity index (χ0n) is 13.7. The van der Waals surface area contributed by atoms with Crippen molar-refractivity contribution < 1.29 is 0 Å². The quantitative estimate of drug-likeness (QED) is 0.840. The van der Waals surface area contributed by atoms with Gasteiger partial charge < -0.3 is 0 Å². The second-order valence-electron chi connectivity index (χ2n) is 7.01. The van der Waals surface area contributed by atoms with E-state index >= 15 is 0 Å². The molecule has 1 saturated carbocycles. The molecule has 2 unspecified atom stereocenters. The summed E-state index contributed by atoms with van der Waals surface area (Å²) in [5, 5.41) is 9.33. The first-order valence-corrected chi connectivity index (χ1v) is 8.03. The molecule has 0 N–H and O–H groups in total. The van der Waals surface area contributed by atoms with E-state index in [2.05, 4.69) is 55.9 Å². The molecule has 0 aromatic carbocycles. The molecule has 2 aromatic rings. The van der Waals surface area contributed by atoms with E-state index in [0.29, 0.717) is 23.8 Å². The molecule has 4 nitrogen and oxygen atoms in total. The van der Waals surface area contributed by atoms with Gasteiger partial charge in [-0.3, -0.25) is 9.36 Å². The van der Waals surface area contributed by atoms with E-state index in [1.54, 1.807) is 0 Å². The smallest absolute Gasteiger partial charge is 0.0681 e. The van der Waals surface area contributed by atoms with Gasteiger partial charge in [-0.15, -0.1) is 0 Å². The Labute approximate surface area is 127 Å². The third-order valence-electron chi connectivity index (χ3n) is 4.41. The van der Waals surface area contributed by atoms with Crippen LogP contribution in [0.25, 0.3) is 0 Å². The van der Waals surface area contributed by atoms with E-state index < -0.39 is 0 Å². The Morgan fingerprint density at radius 1 is 1.19 bits per heavy atom. The lowest BCUT2D eigenvalue weighted by atomic mass is 10.0. The van der Waals surface area contributed by atoms with Gasteiger partial charge in [-0.25, -0.2) is 0 Å². The summed E-state index contributed by atoms with van der Waals surface area (Å²) in [5.74, 6) is 1.72. The molecule has 2 aromatic heterocycles. The predicted molar refractivity (Wildman–Crippen MR) is 84.5 cm³/mol. The van der Waals surface area contributed by atoms with Gasteiger partial charge in [0.15, 0.2) is 0 Å². The van der Waals surface area contributed by atoms with E-state index in [0.717, 1.165) is 6.42 Å². The van der Waals surface area contributed by atoms with Gasteiger partial charge in [0.25, 0.3) is 0 Å². The van der Waals surface area contributed by atoms with Crippen molar-refractivity contribution in [2.75, 3.05) is 0 Å². The molecule has 2 atom stereocenters. The Kier molecular flexibility index (Phi) is 3.64. The average Bonchev–Trinajstić information content (AvgIpc) is 2.86. The number of hydrogen-bond donors (Lipinski definition) is 0. The molecule has 1 aliphatic rings. The van der Waals surface area contributed by atoms with Crippen LogP contribution in [0, 0.1) is 5.92 Å². The minimum Gasteiger partial charge on any atom is -0.275 e. The Morgan fingerprint density at radius 3 is 2.57 bits per heavy atom. The normalized spacial score (nSPS) is 21.5. The summed E-state index contributed by atoms with van der Waals surface area (Å²) in [6.07, 6.45) is 6.70. The predicted octanol–water partition coefficient (Wildman–Crippen LogP) is 3.67. The van der Waals surface area contributed by atoms with Gasteiger partial charge in [0.05, 0.1) is 17.4 Å². The Balaban J connectivity index is 1.68. The van der Waals surface area contributed by atoms with Crippen molar-refractivity contribution in [1.29, 1.82) is 0 Å².